The zero-order valence-electron chi connectivity index (χ0n) is 25.0. The number of rotatable bonds is 7. The molecule has 0 bridgehead atoms. The van der Waals surface area contributed by atoms with E-state index in [0.717, 1.165) is 62.7 Å². The van der Waals surface area contributed by atoms with Crippen LogP contribution in [0.3, 0.4) is 0 Å². The predicted octanol–water partition coefficient (Wildman–Crippen LogP) is 9.36. The molecule has 0 saturated heterocycles. The average Bonchev–Trinajstić information content (AvgIpc) is 3.63. The Morgan fingerprint density at radius 2 is 1.47 bits per heavy atom. The smallest absolute Gasteiger partial charge is 0.220 e. The molecule has 6 nitrogen and oxygen atoms in total. The summed E-state index contributed by atoms with van der Waals surface area (Å²) in [5, 5.41) is 3.75. The van der Waals surface area contributed by atoms with Crippen molar-refractivity contribution in [2.75, 3.05) is 17.3 Å². The molecule has 8 rings (SSSR count). The van der Waals surface area contributed by atoms with E-state index < -0.39 is 0 Å². The van der Waals surface area contributed by atoms with Crippen LogP contribution in [-0.2, 0) is 0 Å². The number of hydrogen-bond donors (Lipinski definition) is 1. The number of aromatic nitrogens is 3. The molecule has 0 saturated carbocycles. The Kier molecular flexibility index (Phi) is 6.53. The van der Waals surface area contributed by atoms with Gasteiger partial charge in [0.1, 0.15) is 0 Å². The molecular weight excluding hydrogens is 552 g/mol. The van der Waals surface area contributed by atoms with Crippen molar-refractivity contribution in [3.63, 3.8) is 0 Å². The van der Waals surface area contributed by atoms with Gasteiger partial charge < -0.3 is 10.2 Å². The molecule has 1 aliphatic rings. The number of benzene rings is 5. The van der Waals surface area contributed by atoms with Gasteiger partial charge in [-0.3, -0.25) is 14.0 Å². The van der Waals surface area contributed by atoms with Crippen LogP contribution >= 0.6 is 0 Å². The van der Waals surface area contributed by atoms with Crippen molar-refractivity contribution in [1.82, 2.24) is 14.0 Å². The third kappa shape index (κ3) is 4.59. The van der Waals surface area contributed by atoms with Gasteiger partial charge in [-0.15, -0.1) is 0 Å². The van der Waals surface area contributed by atoms with Crippen LogP contribution in [0.1, 0.15) is 12.0 Å². The Morgan fingerprint density at radius 1 is 0.778 bits per heavy atom. The minimum atomic E-state index is 0.185. The van der Waals surface area contributed by atoms with Gasteiger partial charge in [-0.25, -0.2) is 4.98 Å². The minimum Gasteiger partial charge on any atom is -0.377 e. The fraction of sp³-hybridized carbons (Fsp3) is 0.0769. The number of anilines is 3. The molecule has 1 N–H and O–H groups in total. The molecule has 1 unspecified atom stereocenters. The predicted molar refractivity (Wildman–Crippen MR) is 189 cm³/mol. The lowest BCUT2D eigenvalue weighted by atomic mass is 9.96. The normalized spacial score (nSPS) is 14.6. The topological polar surface area (TPSA) is 49.9 Å². The molecule has 1 atom stereocenters. The van der Waals surface area contributed by atoms with E-state index in [1.807, 2.05) is 24.3 Å². The second kappa shape index (κ2) is 11.0. The number of nitrogens with one attached hydrogen (secondary N) is 1. The first-order chi connectivity index (χ1) is 22.2. The average molecular weight is 585 g/mol. The highest BCUT2D eigenvalue weighted by Gasteiger charge is 2.18. The molecule has 1 aliphatic carbocycles. The molecule has 6 heteroatoms. The van der Waals surface area contributed by atoms with Crippen LogP contribution in [0.15, 0.2) is 145 Å². The van der Waals surface area contributed by atoms with Gasteiger partial charge in [-0.05, 0) is 84.9 Å². The van der Waals surface area contributed by atoms with E-state index in [2.05, 4.69) is 153 Å². The standard InChI is InChI=1S/C39H32N6/c1-40-31-11-3-6-14-34(31)43(2)35-15-7-4-12-32(35)41-29-23-19-27(20-24-29)28-21-25-30(26-22-28)44-37-17-9-10-18-38(37)45-36-16-8-5-13-33(36)42-39(44)45/h3-23,25-26,29,41H,1,24H2,2H3. The number of aliphatic imine (C=N–C) groups is 1. The summed E-state index contributed by atoms with van der Waals surface area (Å²) in [4.78, 5) is 11.4. The monoisotopic (exact) mass is 584 g/mol. The maximum absolute atomic E-state index is 5.01. The molecule has 0 radical (unpaired) electrons. The summed E-state index contributed by atoms with van der Waals surface area (Å²) in [6.45, 7) is 3.75. The Morgan fingerprint density at radius 3 is 2.24 bits per heavy atom. The lowest BCUT2D eigenvalue weighted by Crippen LogP contribution is -2.20. The lowest BCUT2D eigenvalue weighted by Gasteiger charge is -2.26. The summed E-state index contributed by atoms with van der Waals surface area (Å²) >= 11 is 0. The summed E-state index contributed by atoms with van der Waals surface area (Å²) < 4.78 is 4.51. The molecule has 5 aromatic carbocycles. The Balaban J connectivity index is 1.04. The molecule has 2 aromatic heterocycles. The molecule has 7 aromatic rings. The van der Waals surface area contributed by atoms with Gasteiger partial charge in [-0.1, -0.05) is 78.9 Å². The van der Waals surface area contributed by atoms with E-state index in [4.69, 9.17) is 4.98 Å². The van der Waals surface area contributed by atoms with E-state index in [-0.39, 0.29) is 6.04 Å². The van der Waals surface area contributed by atoms with E-state index in [9.17, 15) is 0 Å². The fourth-order valence-corrected chi connectivity index (χ4v) is 6.45. The molecule has 218 valence electrons. The highest BCUT2D eigenvalue weighted by Crippen LogP contribution is 2.37. The molecule has 45 heavy (non-hydrogen) atoms. The first-order valence-corrected chi connectivity index (χ1v) is 15.2. The number of imidazole rings is 2. The summed E-state index contributed by atoms with van der Waals surface area (Å²) in [6.07, 6.45) is 7.70. The molecular formula is C39H32N6. The van der Waals surface area contributed by atoms with E-state index in [1.165, 1.54) is 11.1 Å². The Bertz CT molecular complexity index is 2270. The minimum absolute atomic E-state index is 0.185. The van der Waals surface area contributed by atoms with Gasteiger partial charge >= 0.3 is 0 Å². The summed E-state index contributed by atoms with van der Waals surface area (Å²) in [6, 6.07) is 42.3. The van der Waals surface area contributed by atoms with Crippen molar-refractivity contribution in [3.05, 3.63) is 145 Å². The van der Waals surface area contributed by atoms with Crippen LogP contribution in [0.5, 0.6) is 0 Å². The number of para-hydroxylation sites is 8. The Labute approximate surface area is 261 Å². The maximum atomic E-state index is 5.01. The highest BCUT2D eigenvalue weighted by molar-refractivity contribution is 5.92. The highest BCUT2D eigenvalue weighted by atomic mass is 15.2. The van der Waals surface area contributed by atoms with E-state index >= 15 is 0 Å². The molecule has 2 heterocycles. The van der Waals surface area contributed by atoms with Gasteiger partial charge in [0, 0.05) is 18.8 Å². The van der Waals surface area contributed by atoms with Gasteiger partial charge in [0.05, 0.1) is 44.8 Å². The van der Waals surface area contributed by atoms with Crippen molar-refractivity contribution >= 4 is 62.9 Å². The van der Waals surface area contributed by atoms with Crippen molar-refractivity contribution in [1.29, 1.82) is 0 Å². The number of allylic oxidation sites excluding steroid dienone is 2. The van der Waals surface area contributed by atoms with Gasteiger partial charge in [0.2, 0.25) is 5.78 Å². The maximum Gasteiger partial charge on any atom is 0.220 e. The first-order valence-electron chi connectivity index (χ1n) is 15.2. The van der Waals surface area contributed by atoms with Gasteiger partial charge in [0.15, 0.2) is 0 Å². The van der Waals surface area contributed by atoms with Crippen molar-refractivity contribution < 1.29 is 0 Å². The van der Waals surface area contributed by atoms with Gasteiger partial charge in [0.25, 0.3) is 0 Å². The summed E-state index contributed by atoms with van der Waals surface area (Å²) in [7, 11) is 2.07. The zero-order valence-corrected chi connectivity index (χ0v) is 25.0. The first kappa shape index (κ1) is 26.7. The number of hydrogen-bond acceptors (Lipinski definition) is 4. The second-order valence-corrected chi connectivity index (χ2v) is 11.3. The second-order valence-electron chi connectivity index (χ2n) is 11.3. The molecule has 0 aliphatic heterocycles. The third-order valence-electron chi connectivity index (χ3n) is 8.68. The zero-order chi connectivity index (χ0) is 30.3. The largest absolute Gasteiger partial charge is 0.377 e. The van der Waals surface area contributed by atoms with Crippen molar-refractivity contribution in [2.45, 2.75) is 12.5 Å². The quantitative estimate of drug-likeness (QED) is 0.190. The summed E-state index contributed by atoms with van der Waals surface area (Å²) in [5.41, 5.74) is 12.0. The van der Waals surface area contributed by atoms with Crippen LogP contribution in [-0.4, -0.2) is 33.8 Å². The van der Waals surface area contributed by atoms with Gasteiger partial charge in [-0.2, -0.15) is 0 Å². The third-order valence-corrected chi connectivity index (χ3v) is 8.68. The van der Waals surface area contributed by atoms with Crippen LogP contribution in [0, 0.1) is 0 Å². The van der Waals surface area contributed by atoms with Crippen LogP contribution in [0.4, 0.5) is 22.7 Å². The van der Waals surface area contributed by atoms with Crippen LogP contribution < -0.4 is 10.2 Å². The van der Waals surface area contributed by atoms with E-state index in [0.29, 0.717) is 0 Å². The van der Waals surface area contributed by atoms with Crippen molar-refractivity contribution in [2.24, 2.45) is 4.99 Å². The SMILES string of the molecule is C=Nc1ccccc1N(C)c1ccccc1NC1C=CC(c2ccc(-n3c4ccccc4n4c5ccccc5nc34)cc2)=CC1. The lowest BCUT2D eigenvalue weighted by molar-refractivity contribution is 0.885. The summed E-state index contributed by atoms with van der Waals surface area (Å²) in [5.74, 6) is 0.922. The van der Waals surface area contributed by atoms with E-state index in [1.54, 1.807) is 0 Å². The number of nitrogens with zero attached hydrogens (tertiary/aromatic N) is 5. The van der Waals surface area contributed by atoms with Crippen LogP contribution in [0.25, 0.3) is 39.1 Å². The molecule has 0 spiro atoms. The molecule has 0 amide bonds. The van der Waals surface area contributed by atoms with Crippen LogP contribution in [0.2, 0.25) is 0 Å². The Hall–Kier alpha value is -5.88. The number of fused-ring (bicyclic) bond motifs is 5. The molecule has 0 fully saturated rings. The van der Waals surface area contributed by atoms with Crippen molar-refractivity contribution in [3.8, 4) is 5.69 Å². The fourth-order valence-electron chi connectivity index (χ4n) is 6.45.